The summed E-state index contributed by atoms with van der Waals surface area (Å²) < 4.78 is 14.7. The van der Waals surface area contributed by atoms with E-state index in [-0.39, 0.29) is 29.8 Å². The van der Waals surface area contributed by atoms with Gasteiger partial charge in [0.15, 0.2) is 11.5 Å². The number of amides is 2. The second-order valence-electron chi connectivity index (χ2n) is 4.86. The summed E-state index contributed by atoms with van der Waals surface area (Å²) in [7, 11) is 0. The van der Waals surface area contributed by atoms with Crippen molar-refractivity contribution in [3.05, 3.63) is 47.7 Å². The fraction of sp³-hybridized carbons (Fsp3) is 0.267. The number of anilines is 1. The number of halogens is 1. The molecule has 22 heavy (non-hydrogen) atoms. The van der Waals surface area contributed by atoms with Crippen LogP contribution in [0, 0.1) is 5.82 Å². The molecule has 1 aromatic heterocycles. The molecule has 2 amide bonds. The Morgan fingerprint density at radius 2 is 2.18 bits per heavy atom. The molecule has 0 unspecified atom stereocenters. The molecule has 0 fully saturated rings. The quantitative estimate of drug-likeness (QED) is 0.854. The Kier molecular flexibility index (Phi) is 4.88. The summed E-state index contributed by atoms with van der Waals surface area (Å²) in [4.78, 5) is 27.3. The summed E-state index contributed by atoms with van der Waals surface area (Å²) in [6, 6.07) is 6.00. The van der Waals surface area contributed by atoms with Crippen LogP contribution in [0.5, 0.6) is 0 Å². The topological polar surface area (TPSA) is 90.0 Å². The third-order valence-corrected chi connectivity index (χ3v) is 3.05. The average molecular weight is 304 g/mol. The maximum Gasteiger partial charge on any atom is 0.269 e. The van der Waals surface area contributed by atoms with Crippen LogP contribution in [0.4, 0.5) is 10.2 Å². The van der Waals surface area contributed by atoms with Gasteiger partial charge in [0.05, 0.1) is 6.33 Å². The van der Waals surface area contributed by atoms with Gasteiger partial charge in [0.2, 0.25) is 5.91 Å². The van der Waals surface area contributed by atoms with Gasteiger partial charge in [-0.05, 0) is 24.1 Å². The Bertz CT molecular complexity index is 697. The summed E-state index contributed by atoms with van der Waals surface area (Å²) in [6.07, 6.45) is 2.41. The Morgan fingerprint density at radius 1 is 1.41 bits per heavy atom. The highest BCUT2D eigenvalue weighted by Gasteiger charge is 2.18. The maximum absolute atomic E-state index is 13.2. The Balaban J connectivity index is 2.27. The zero-order valence-electron chi connectivity index (χ0n) is 12.2. The van der Waals surface area contributed by atoms with E-state index < -0.39 is 5.91 Å². The summed E-state index contributed by atoms with van der Waals surface area (Å²) in [5, 5.41) is 2.56. The molecule has 6 nitrogen and oxygen atoms in total. The number of carbonyl (C=O) groups is 2. The van der Waals surface area contributed by atoms with Gasteiger partial charge in [0, 0.05) is 13.0 Å². The first kappa shape index (κ1) is 15.7. The van der Waals surface area contributed by atoms with E-state index in [0.717, 1.165) is 0 Å². The lowest BCUT2D eigenvalue weighted by atomic mass is 10.2. The molecule has 7 heteroatoms. The van der Waals surface area contributed by atoms with Crippen LogP contribution in [0.15, 0.2) is 30.6 Å². The predicted octanol–water partition coefficient (Wildman–Crippen LogP) is 1.91. The van der Waals surface area contributed by atoms with Crippen LogP contribution in [-0.2, 0) is 11.3 Å². The molecule has 2 rings (SSSR count). The van der Waals surface area contributed by atoms with Crippen molar-refractivity contribution in [2.45, 2.75) is 26.3 Å². The number of imidazole rings is 1. The Morgan fingerprint density at radius 3 is 2.82 bits per heavy atom. The van der Waals surface area contributed by atoms with E-state index in [9.17, 15) is 14.0 Å². The van der Waals surface area contributed by atoms with Gasteiger partial charge in [0.25, 0.3) is 5.91 Å². The lowest BCUT2D eigenvalue weighted by Gasteiger charge is -2.08. The van der Waals surface area contributed by atoms with Crippen molar-refractivity contribution >= 4 is 17.6 Å². The summed E-state index contributed by atoms with van der Waals surface area (Å²) in [5.74, 6) is -1.18. The molecular weight excluding hydrogens is 287 g/mol. The monoisotopic (exact) mass is 304 g/mol. The molecule has 1 aromatic carbocycles. The minimum atomic E-state index is -0.708. The molecule has 0 spiro atoms. The van der Waals surface area contributed by atoms with E-state index in [4.69, 9.17) is 5.73 Å². The molecule has 1 heterocycles. The Hall–Kier alpha value is -2.70. The normalized spacial score (nSPS) is 10.5. The van der Waals surface area contributed by atoms with Gasteiger partial charge in [-0.15, -0.1) is 0 Å². The fourth-order valence-electron chi connectivity index (χ4n) is 2.11. The number of aromatic nitrogens is 2. The van der Waals surface area contributed by atoms with Crippen molar-refractivity contribution in [2.24, 2.45) is 5.73 Å². The molecule has 3 N–H and O–H groups in total. The molecule has 0 aliphatic rings. The number of hydrogen-bond donors (Lipinski definition) is 2. The number of hydrogen-bond acceptors (Lipinski definition) is 3. The van der Waals surface area contributed by atoms with Crippen molar-refractivity contribution in [1.82, 2.24) is 9.55 Å². The van der Waals surface area contributed by atoms with Crippen LogP contribution in [0.3, 0.4) is 0 Å². The first-order valence-electron chi connectivity index (χ1n) is 6.90. The van der Waals surface area contributed by atoms with Crippen molar-refractivity contribution in [1.29, 1.82) is 0 Å². The highest BCUT2D eigenvalue weighted by atomic mass is 19.1. The van der Waals surface area contributed by atoms with Gasteiger partial charge in [0.1, 0.15) is 5.82 Å². The van der Waals surface area contributed by atoms with Gasteiger partial charge in [-0.2, -0.15) is 0 Å². The Labute approximate surface area is 127 Å². The second-order valence-corrected chi connectivity index (χ2v) is 4.86. The molecule has 0 radical (unpaired) electrons. The number of benzene rings is 1. The third-order valence-electron chi connectivity index (χ3n) is 3.05. The molecule has 0 atom stereocenters. The minimum Gasteiger partial charge on any atom is -0.364 e. The van der Waals surface area contributed by atoms with E-state index in [0.29, 0.717) is 18.4 Å². The van der Waals surface area contributed by atoms with E-state index >= 15 is 0 Å². The third kappa shape index (κ3) is 3.69. The number of nitrogens with two attached hydrogens (primary N) is 1. The fourth-order valence-corrected chi connectivity index (χ4v) is 2.11. The number of nitrogens with one attached hydrogen (secondary N) is 1. The molecule has 2 aromatic rings. The molecule has 0 aliphatic carbocycles. The number of rotatable bonds is 6. The largest absolute Gasteiger partial charge is 0.364 e. The van der Waals surface area contributed by atoms with Crippen LogP contribution in [0.2, 0.25) is 0 Å². The van der Waals surface area contributed by atoms with Crippen LogP contribution in [-0.4, -0.2) is 21.4 Å². The second kappa shape index (κ2) is 6.84. The maximum atomic E-state index is 13.2. The number of carbonyl (C=O) groups excluding carboxylic acids is 2. The first-order valence-corrected chi connectivity index (χ1v) is 6.90. The van der Waals surface area contributed by atoms with Gasteiger partial charge in [-0.1, -0.05) is 19.1 Å². The molecule has 0 aliphatic heterocycles. The van der Waals surface area contributed by atoms with Crippen molar-refractivity contribution in [3.63, 3.8) is 0 Å². The van der Waals surface area contributed by atoms with Crippen LogP contribution in [0.1, 0.15) is 35.8 Å². The number of nitrogens with zero attached hydrogens (tertiary/aromatic N) is 2. The lowest BCUT2D eigenvalue weighted by Crippen LogP contribution is -2.21. The summed E-state index contributed by atoms with van der Waals surface area (Å²) in [6.45, 7) is 2.10. The predicted molar refractivity (Wildman–Crippen MR) is 79.8 cm³/mol. The summed E-state index contributed by atoms with van der Waals surface area (Å²) >= 11 is 0. The molecule has 116 valence electrons. The van der Waals surface area contributed by atoms with E-state index in [1.54, 1.807) is 12.1 Å². The van der Waals surface area contributed by atoms with Gasteiger partial charge in [-0.25, -0.2) is 9.37 Å². The summed E-state index contributed by atoms with van der Waals surface area (Å²) in [5.41, 5.74) is 6.12. The molecular formula is C15H17FN4O2. The van der Waals surface area contributed by atoms with Gasteiger partial charge in [-0.3, -0.25) is 9.59 Å². The SMILES string of the molecule is CCCC(=O)Nc1ncn(Cc2cccc(F)c2)c1C(N)=O. The van der Waals surface area contributed by atoms with Crippen molar-refractivity contribution in [3.8, 4) is 0 Å². The lowest BCUT2D eigenvalue weighted by molar-refractivity contribution is -0.116. The van der Waals surface area contributed by atoms with Crippen molar-refractivity contribution < 1.29 is 14.0 Å². The number of primary amides is 1. The van der Waals surface area contributed by atoms with Gasteiger partial charge < -0.3 is 15.6 Å². The molecule has 0 bridgehead atoms. The van der Waals surface area contributed by atoms with E-state index in [2.05, 4.69) is 10.3 Å². The smallest absolute Gasteiger partial charge is 0.269 e. The van der Waals surface area contributed by atoms with Crippen molar-refractivity contribution in [2.75, 3.05) is 5.32 Å². The van der Waals surface area contributed by atoms with Crippen LogP contribution < -0.4 is 11.1 Å². The first-order chi connectivity index (χ1) is 10.5. The van der Waals surface area contributed by atoms with Gasteiger partial charge >= 0.3 is 0 Å². The van der Waals surface area contributed by atoms with Crippen LogP contribution in [0.25, 0.3) is 0 Å². The molecule has 0 saturated heterocycles. The zero-order chi connectivity index (χ0) is 16.1. The molecule has 0 saturated carbocycles. The average Bonchev–Trinajstić information content (AvgIpc) is 2.81. The van der Waals surface area contributed by atoms with E-state index in [1.807, 2.05) is 6.92 Å². The highest BCUT2D eigenvalue weighted by Crippen LogP contribution is 2.16. The van der Waals surface area contributed by atoms with E-state index in [1.165, 1.54) is 23.0 Å². The standard InChI is InChI=1S/C15H17FN4O2/c1-2-4-12(21)19-15-13(14(17)22)20(9-18-15)8-10-5-3-6-11(16)7-10/h3,5-7,9H,2,4,8H2,1H3,(H2,17,22)(H,19,21). The minimum absolute atomic E-state index is 0.0914. The van der Waals surface area contributed by atoms with Crippen LogP contribution >= 0.6 is 0 Å². The zero-order valence-corrected chi connectivity index (χ0v) is 12.2. The highest BCUT2D eigenvalue weighted by molar-refractivity contribution is 6.00.